The first-order valence-corrected chi connectivity index (χ1v) is 11.7. The highest BCUT2D eigenvalue weighted by molar-refractivity contribution is 9.10. The molecule has 0 saturated carbocycles. The molecule has 5 rings (SSSR count). The molecule has 0 aliphatic carbocycles. The van der Waals surface area contributed by atoms with Crippen molar-refractivity contribution in [3.05, 3.63) is 100 Å². The zero-order valence-electron chi connectivity index (χ0n) is 17.3. The van der Waals surface area contributed by atoms with Gasteiger partial charge in [-0.3, -0.25) is 19.3 Å². The number of Topliss-reactive ketones (excluding diaryl/α,β-unsaturated/α-hetero) is 1. The van der Waals surface area contributed by atoms with E-state index >= 15 is 0 Å². The van der Waals surface area contributed by atoms with Crippen LogP contribution in [0.5, 0.6) is 5.75 Å². The highest BCUT2D eigenvalue weighted by Gasteiger charge is 2.66. The van der Waals surface area contributed by atoms with E-state index in [0.29, 0.717) is 5.56 Å². The van der Waals surface area contributed by atoms with Gasteiger partial charge in [-0.05, 0) is 24.3 Å². The van der Waals surface area contributed by atoms with Gasteiger partial charge in [-0.25, -0.2) is 4.99 Å². The number of para-hydroxylation sites is 2. The van der Waals surface area contributed by atoms with Gasteiger partial charge in [-0.1, -0.05) is 82.3 Å². The fourth-order valence-electron chi connectivity index (χ4n) is 3.95. The number of phenols is 1. The van der Waals surface area contributed by atoms with Crippen molar-refractivity contribution < 1.29 is 24.6 Å². The third-order valence-electron chi connectivity index (χ3n) is 5.51. The van der Waals surface area contributed by atoms with Gasteiger partial charge in [0.15, 0.2) is 0 Å². The van der Waals surface area contributed by atoms with Crippen molar-refractivity contribution in [2.75, 3.05) is 4.90 Å². The predicted molar refractivity (Wildman–Crippen MR) is 133 cm³/mol. The molecule has 0 radical (unpaired) electrons. The van der Waals surface area contributed by atoms with Crippen molar-refractivity contribution in [2.45, 2.75) is 4.87 Å². The number of benzene rings is 3. The summed E-state index contributed by atoms with van der Waals surface area (Å²) in [7, 11) is 0. The van der Waals surface area contributed by atoms with Crippen molar-refractivity contribution in [3.63, 3.8) is 0 Å². The van der Waals surface area contributed by atoms with E-state index in [-0.39, 0.29) is 22.0 Å². The monoisotopic (exact) mass is 534 g/mol. The predicted octanol–water partition coefficient (Wildman–Crippen LogP) is 4.46. The molecule has 2 aliphatic heterocycles. The lowest BCUT2D eigenvalue weighted by Crippen LogP contribution is -2.48. The Kier molecular flexibility index (Phi) is 5.38. The van der Waals surface area contributed by atoms with E-state index in [1.165, 1.54) is 12.1 Å². The number of aliphatic hydroxyl groups is 1. The van der Waals surface area contributed by atoms with Crippen LogP contribution in [0.25, 0.3) is 5.76 Å². The first kappa shape index (κ1) is 22.1. The van der Waals surface area contributed by atoms with Crippen molar-refractivity contribution in [2.24, 2.45) is 4.99 Å². The molecule has 0 bridgehead atoms. The molecule has 0 aromatic heterocycles. The smallest absolute Gasteiger partial charge is 0.301 e. The van der Waals surface area contributed by atoms with E-state index in [0.717, 1.165) is 21.1 Å². The maximum atomic E-state index is 13.6. The van der Waals surface area contributed by atoms with E-state index in [4.69, 9.17) is 0 Å². The molecular formula is C25H15BrN2O5S. The van der Waals surface area contributed by atoms with Crippen molar-refractivity contribution >= 4 is 61.8 Å². The van der Waals surface area contributed by atoms with Gasteiger partial charge in [0, 0.05) is 15.6 Å². The molecule has 2 amide bonds. The summed E-state index contributed by atoms with van der Waals surface area (Å²) in [5, 5.41) is 22.0. The SMILES string of the molecule is O=C1C(=O)N(c2ccccc2O)C2(SC(c3ccccc3)=NC2=O)C1=C(O)c1ccc(Br)cc1. The van der Waals surface area contributed by atoms with E-state index < -0.39 is 33.8 Å². The van der Waals surface area contributed by atoms with Gasteiger partial charge in [-0.2, -0.15) is 0 Å². The van der Waals surface area contributed by atoms with Gasteiger partial charge in [0.05, 0.1) is 11.3 Å². The molecule has 1 fully saturated rings. The quantitative estimate of drug-likeness (QED) is 0.292. The number of aliphatic hydroxyl groups excluding tert-OH is 1. The van der Waals surface area contributed by atoms with Crippen LogP contribution in [0, 0.1) is 0 Å². The number of aromatic hydroxyl groups is 1. The van der Waals surface area contributed by atoms with Crippen LogP contribution in [-0.2, 0) is 14.4 Å². The van der Waals surface area contributed by atoms with Crippen LogP contribution in [0.2, 0.25) is 0 Å². The summed E-state index contributed by atoms with van der Waals surface area (Å²) < 4.78 is 0.745. The summed E-state index contributed by atoms with van der Waals surface area (Å²) in [5.74, 6) is -3.71. The Bertz CT molecular complexity index is 1420. The number of carbonyl (C=O) groups excluding carboxylic acids is 3. The highest BCUT2D eigenvalue weighted by Crippen LogP contribution is 2.53. The number of nitrogens with zero attached hydrogens (tertiary/aromatic N) is 2. The Morgan fingerprint density at radius 3 is 2.24 bits per heavy atom. The number of ketones is 1. The number of anilines is 1. The number of aliphatic imine (C=N–C) groups is 1. The van der Waals surface area contributed by atoms with Crippen LogP contribution in [-0.4, -0.2) is 37.7 Å². The standard InChI is InChI=1S/C25H15BrN2O5S/c26-16-12-10-14(11-13-16)20(30)19-21(31)23(32)28(17-8-4-5-9-18(17)29)25(19)24(33)27-22(34-25)15-6-2-1-3-7-15/h1-13,29-30H. The number of rotatable bonds is 3. The van der Waals surface area contributed by atoms with Crippen LogP contribution >= 0.6 is 27.7 Å². The molecule has 3 aromatic carbocycles. The fraction of sp³-hybridized carbons (Fsp3) is 0.0400. The number of hydrogen-bond acceptors (Lipinski definition) is 6. The van der Waals surface area contributed by atoms with E-state index in [1.54, 1.807) is 60.7 Å². The Morgan fingerprint density at radius 2 is 1.56 bits per heavy atom. The normalized spacial score (nSPS) is 21.4. The third kappa shape index (κ3) is 3.27. The van der Waals surface area contributed by atoms with Crippen LogP contribution in [0.3, 0.4) is 0 Å². The Balaban J connectivity index is 1.77. The summed E-state index contributed by atoms with van der Waals surface area (Å²) in [6.45, 7) is 0. The number of halogens is 1. The fourth-order valence-corrected chi connectivity index (χ4v) is 5.57. The van der Waals surface area contributed by atoms with E-state index in [2.05, 4.69) is 20.9 Å². The largest absolute Gasteiger partial charge is 0.507 e. The Labute approximate surface area is 206 Å². The summed E-state index contributed by atoms with van der Waals surface area (Å²) in [4.78, 5) is 43.3. The van der Waals surface area contributed by atoms with E-state index in [1.807, 2.05) is 6.07 Å². The molecule has 1 saturated heterocycles. The number of carbonyl (C=O) groups is 3. The molecule has 2 N–H and O–H groups in total. The number of phenolic OH excluding ortho intramolecular Hbond substituents is 1. The number of thioether (sulfide) groups is 1. The lowest BCUT2D eigenvalue weighted by atomic mass is 9.99. The minimum absolute atomic E-state index is 0.0372. The maximum Gasteiger partial charge on any atom is 0.301 e. The van der Waals surface area contributed by atoms with Crippen LogP contribution in [0.1, 0.15) is 11.1 Å². The molecule has 3 aromatic rings. The minimum atomic E-state index is -2.02. The maximum absolute atomic E-state index is 13.6. The molecule has 1 atom stereocenters. The summed E-state index contributed by atoms with van der Waals surface area (Å²) in [6.07, 6.45) is 0. The average Bonchev–Trinajstić information content (AvgIpc) is 3.29. The van der Waals surface area contributed by atoms with Gasteiger partial charge in [0.25, 0.3) is 11.7 Å². The summed E-state index contributed by atoms with van der Waals surface area (Å²) in [6, 6.07) is 21.2. The Morgan fingerprint density at radius 1 is 0.912 bits per heavy atom. The Hall–Kier alpha value is -3.69. The molecule has 1 spiro atoms. The zero-order valence-corrected chi connectivity index (χ0v) is 19.7. The van der Waals surface area contributed by atoms with Gasteiger partial charge >= 0.3 is 5.91 Å². The molecule has 2 heterocycles. The molecule has 1 unspecified atom stereocenters. The molecule has 2 aliphatic rings. The first-order valence-electron chi connectivity index (χ1n) is 10.1. The highest BCUT2D eigenvalue weighted by atomic mass is 79.9. The summed E-state index contributed by atoms with van der Waals surface area (Å²) >= 11 is 4.20. The molecule has 34 heavy (non-hydrogen) atoms. The van der Waals surface area contributed by atoms with Crippen molar-refractivity contribution in [1.29, 1.82) is 0 Å². The minimum Gasteiger partial charge on any atom is -0.507 e. The molecule has 168 valence electrons. The van der Waals surface area contributed by atoms with Gasteiger partial charge < -0.3 is 10.2 Å². The van der Waals surface area contributed by atoms with Crippen LogP contribution in [0.15, 0.2) is 93.9 Å². The number of amides is 2. The topological polar surface area (TPSA) is 107 Å². The summed E-state index contributed by atoms with van der Waals surface area (Å²) in [5.41, 5.74) is 0.432. The average molecular weight is 535 g/mol. The number of hydrogen-bond donors (Lipinski definition) is 2. The van der Waals surface area contributed by atoms with E-state index in [9.17, 15) is 24.6 Å². The van der Waals surface area contributed by atoms with Crippen LogP contribution < -0.4 is 4.90 Å². The zero-order chi connectivity index (χ0) is 24.0. The second-order valence-electron chi connectivity index (χ2n) is 7.52. The lowest BCUT2D eigenvalue weighted by Gasteiger charge is -2.32. The van der Waals surface area contributed by atoms with Crippen molar-refractivity contribution in [3.8, 4) is 5.75 Å². The van der Waals surface area contributed by atoms with Gasteiger partial charge in [0.1, 0.15) is 16.6 Å². The second-order valence-corrected chi connectivity index (χ2v) is 9.62. The molecule has 7 nitrogen and oxygen atoms in total. The van der Waals surface area contributed by atoms with Crippen molar-refractivity contribution in [1.82, 2.24) is 0 Å². The first-order chi connectivity index (χ1) is 16.3. The van der Waals surface area contributed by atoms with Gasteiger partial charge in [0.2, 0.25) is 4.87 Å². The van der Waals surface area contributed by atoms with Gasteiger partial charge in [-0.15, -0.1) is 0 Å². The second kappa shape index (κ2) is 8.27. The third-order valence-corrected chi connectivity index (χ3v) is 7.42. The van der Waals surface area contributed by atoms with Crippen LogP contribution in [0.4, 0.5) is 5.69 Å². The molecular weight excluding hydrogens is 520 g/mol. The lowest BCUT2D eigenvalue weighted by molar-refractivity contribution is -0.132. The molecule has 9 heteroatoms.